The molecule has 0 aromatic heterocycles. The molecule has 1 aliphatic rings. The van der Waals surface area contributed by atoms with Crippen molar-refractivity contribution in [3.8, 4) is 0 Å². The van der Waals surface area contributed by atoms with Crippen LogP contribution >= 0.6 is 0 Å². The molecule has 1 unspecified atom stereocenters. The predicted molar refractivity (Wildman–Crippen MR) is 88.1 cm³/mol. The molecular formula is C17H14B2NO2. The second kappa shape index (κ2) is 6.22. The van der Waals surface area contributed by atoms with Gasteiger partial charge in [-0.15, -0.1) is 0 Å². The molecule has 1 saturated heterocycles. The van der Waals surface area contributed by atoms with Gasteiger partial charge < -0.3 is 0 Å². The minimum absolute atomic E-state index is 0.154. The van der Waals surface area contributed by atoms with Crippen molar-refractivity contribution in [2.45, 2.75) is 18.7 Å². The molecule has 1 heterocycles. The zero-order valence-corrected chi connectivity index (χ0v) is 12.1. The van der Waals surface area contributed by atoms with Crippen LogP contribution in [0.2, 0.25) is 5.82 Å². The van der Waals surface area contributed by atoms with Crippen LogP contribution < -0.4 is 4.90 Å². The van der Waals surface area contributed by atoms with Gasteiger partial charge in [-0.2, -0.15) is 0 Å². The molecule has 0 aliphatic carbocycles. The lowest BCUT2D eigenvalue weighted by Crippen LogP contribution is -2.30. The number of amides is 2. The Bertz CT molecular complexity index is 686. The molecule has 5 heteroatoms. The predicted octanol–water partition coefficient (Wildman–Crippen LogP) is 2.12. The standard InChI is InChI=1S/C17H14B2NO2/c18-19-15-11-16(21)20(17(15)22)14-8-6-13(7-9-14)10-12-4-2-1-3-5-12/h1-9,15H,10-11H2. The minimum Gasteiger partial charge on any atom is -0.275 e. The normalized spacial score (nSPS) is 17.8. The summed E-state index contributed by atoms with van der Waals surface area (Å²) in [6.45, 7) is 0. The summed E-state index contributed by atoms with van der Waals surface area (Å²) in [6.07, 6.45) is 0.976. The third kappa shape index (κ3) is 2.84. The maximum Gasteiger partial charge on any atom is 0.233 e. The number of carbonyl (C=O) groups excluding carboxylic acids is 2. The van der Waals surface area contributed by atoms with Gasteiger partial charge >= 0.3 is 0 Å². The summed E-state index contributed by atoms with van der Waals surface area (Å²) >= 11 is 0. The van der Waals surface area contributed by atoms with Crippen molar-refractivity contribution in [2.75, 3.05) is 4.90 Å². The quantitative estimate of drug-likeness (QED) is 0.637. The molecule has 0 spiro atoms. The zero-order chi connectivity index (χ0) is 15.5. The van der Waals surface area contributed by atoms with E-state index >= 15 is 0 Å². The molecule has 22 heavy (non-hydrogen) atoms. The zero-order valence-electron chi connectivity index (χ0n) is 12.1. The van der Waals surface area contributed by atoms with Crippen molar-refractivity contribution in [3.05, 3.63) is 65.7 Å². The number of nitrogens with zero attached hydrogens (tertiary/aromatic N) is 1. The second-order valence-electron chi connectivity index (χ2n) is 5.40. The summed E-state index contributed by atoms with van der Waals surface area (Å²) in [5.74, 6) is -0.952. The molecule has 1 atom stereocenters. The molecular weight excluding hydrogens is 272 g/mol. The van der Waals surface area contributed by atoms with Crippen LogP contribution in [0, 0.1) is 0 Å². The van der Waals surface area contributed by atoms with Crippen molar-refractivity contribution < 1.29 is 9.59 Å². The van der Waals surface area contributed by atoms with E-state index < -0.39 is 5.82 Å². The first kappa shape index (κ1) is 14.6. The van der Waals surface area contributed by atoms with Gasteiger partial charge in [0.15, 0.2) is 0 Å². The highest BCUT2D eigenvalue weighted by Crippen LogP contribution is 2.29. The van der Waals surface area contributed by atoms with Gasteiger partial charge in [0.25, 0.3) is 0 Å². The molecule has 2 aromatic rings. The lowest BCUT2D eigenvalue weighted by atomic mass is 9.47. The molecule has 2 amide bonds. The van der Waals surface area contributed by atoms with Gasteiger partial charge in [0, 0.05) is 20.0 Å². The average molecular weight is 286 g/mol. The highest BCUT2D eigenvalue weighted by atomic mass is 16.2. The Kier molecular flexibility index (Phi) is 4.14. The van der Waals surface area contributed by atoms with Gasteiger partial charge in [0.05, 0.1) is 12.9 Å². The third-order valence-electron chi connectivity index (χ3n) is 3.86. The highest BCUT2D eigenvalue weighted by Gasteiger charge is 2.37. The van der Waals surface area contributed by atoms with Crippen LogP contribution in [0.4, 0.5) is 5.69 Å². The fraction of sp³-hybridized carbons (Fsp3) is 0.176. The van der Waals surface area contributed by atoms with Crippen molar-refractivity contribution >= 4 is 32.4 Å². The highest BCUT2D eigenvalue weighted by molar-refractivity contribution is 6.92. The lowest BCUT2D eigenvalue weighted by Gasteiger charge is -2.15. The number of hydrogen-bond acceptors (Lipinski definition) is 2. The third-order valence-corrected chi connectivity index (χ3v) is 3.86. The Hall–Kier alpha value is -2.29. The van der Waals surface area contributed by atoms with E-state index in [1.807, 2.05) is 42.5 Å². The second-order valence-corrected chi connectivity index (χ2v) is 5.40. The fourth-order valence-electron chi connectivity index (χ4n) is 2.67. The van der Waals surface area contributed by atoms with Crippen LogP contribution in [0.5, 0.6) is 0 Å². The van der Waals surface area contributed by atoms with E-state index in [-0.39, 0.29) is 18.2 Å². The molecule has 0 bridgehead atoms. The number of anilines is 1. The van der Waals surface area contributed by atoms with Gasteiger partial charge in [0.1, 0.15) is 0 Å². The van der Waals surface area contributed by atoms with Gasteiger partial charge in [0.2, 0.25) is 11.8 Å². The first-order valence-electron chi connectivity index (χ1n) is 7.24. The van der Waals surface area contributed by atoms with Crippen LogP contribution in [-0.4, -0.2) is 26.7 Å². The van der Waals surface area contributed by atoms with Crippen LogP contribution in [0.25, 0.3) is 0 Å². The molecule has 105 valence electrons. The number of benzene rings is 2. The molecule has 1 fully saturated rings. The lowest BCUT2D eigenvalue weighted by molar-refractivity contribution is -0.121. The SMILES string of the molecule is [B][B]C1CC(=O)N(c2ccc(Cc3ccccc3)cc2)C1=O. The summed E-state index contributed by atoms with van der Waals surface area (Å²) in [5, 5.41) is 0. The number of carbonyl (C=O) groups is 2. The fourth-order valence-corrected chi connectivity index (χ4v) is 2.67. The van der Waals surface area contributed by atoms with Gasteiger partial charge in [-0.05, 0) is 29.7 Å². The van der Waals surface area contributed by atoms with Crippen molar-refractivity contribution in [3.63, 3.8) is 0 Å². The van der Waals surface area contributed by atoms with E-state index in [2.05, 4.69) is 12.1 Å². The first-order valence-corrected chi connectivity index (χ1v) is 7.24. The Balaban J connectivity index is 1.77. The van der Waals surface area contributed by atoms with E-state index in [0.29, 0.717) is 5.69 Å². The summed E-state index contributed by atoms with van der Waals surface area (Å²) in [6, 6.07) is 17.7. The Labute approximate surface area is 132 Å². The van der Waals surface area contributed by atoms with Crippen LogP contribution in [0.1, 0.15) is 17.5 Å². The molecule has 3 radical (unpaired) electrons. The number of imide groups is 1. The molecule has 0 N–H and O–H groups in total. The monoisotopic (exact) mass is 286 g/mol. The minimum atomic E-state index is -0.503. The Morgan fingerprint density at radius 3 is 2.23 bits per heavy atom. The topological polar surface area (TPSA) is 37.4 Å². The van der Waals surface area contributed by atoms with E-state index in [1.54, 1.807) is 0 Å². The van der Waals surface area contributed by atoms with Crippen molar-refractivity contribution in [1.82, 2.24) is 0 Å². The maximum absolute atomic E-state index is 12.1. The maximum atomic E-state index is 12.1. The Morgan fingerprint density at radius 2 is 1.64 bits per heavy atom. The van der Waals surface area contributed by atoms with Gasteiger partial charge in [-0.3, -0.25) is 14.5 Å². The van der Waals surface area contributed by atoms with E-state index in [1.165, 1.54) is 17.6 Å². The van der Waals surface area contributed by atoms with Crippen LogP contribution in [0.15, 0.2) is 54.6 Å². The molecule has 3 rings (SSSR count). The molecule has 3 nitrogen and oxygen atoms in total. The summed E-state index contributed by atoms with van der Waals surface area (Å²) in [7, 11) is 6.71. The number of rotatable bonds is 4. The molecule has 0 saturated carbocycles. The first-order chi connectivity index (χ1) is 10.7. The van der Waals surface area contributed by atoms with E-state index in [4.69, 9.17) is 7.74 Å². The van der Waals surface area contributed by atoms with Crippen molar-refractivity contribution in [1.29, 1.82) is 0 Å². The van der Waals surface area contributed by atoms with Crippen LogP contribution in [0.3, 0.4) is 0 Å². The van der Waals surface area contributed by atoms with Crippen molar-refractivity contribution in [2.24, 2.45) is 0 Å². The number of hydrogen-bond donors (Lipinski definition) is 0. The largest absolute Gasteiger partial charge is 0.275 e. The molecule has 1 aliphatic heterocycles. The van der Waals surface area contributed by atoms with Gasteiger partial charge in [-0.1, -0.05) is 42.5 Å². The van der Waals surface area contributed by atoms with E-state index in [9.17, 15) is 9.59 Å². The molecule has 2 aromatic carbocycles. The smallest absolute Gasteiger partial charge is 0.233 e. The summed E-state index contributed by atoms with van der Waals surface area (Å²) < 4.78 is 0. The van der Waals surface area contributed by atoms with E-state index in [0.717, 1.165) is 12.0 Å². The summed E-state index contributed by atoms with van der Waals surface area (Å²) in [4.78, 5) is 25.3. The summed E-state index contributed by atoms with van der Waals surface area (Å²) in [5.41, 5.74) is 2.97. The Morgan fingerprint density at radius 1 is 1.00 bits per heavy atom. The van der Waals surface area contributed by atoms with Crippen LogP contribution in [-0.2, 0) is 16.0 Å². The average Bonchev–Trinajstić information content (AvgIpc) is 2.83. The van der Waals surface area contributed by atoms with Gasteiger partial charge in [-0.25, -0.2) is 0 Å².